The second kappa shape index (κ2) is 6.36. The lowest BCUT2D eigenvalue weighted by Crippen LogP contribution is -3.00. The zero-order valence-corrected chi connectivity index (χ0v) is 15.7. The summed E-state index contributed by atoms with van der Waals surface area (Å²) in [6.45, 7) is 0. The van der Waals surface area contributed by atoms with Gasteiger partial charge in [-0.2, -0.15) is 0 Å². The lowest BCUT2D eigenvalue weighted by Gasteiger charge is -2.20. The fourth-order valence-corrected chi connectivity index (χ4v) is 3.42. The zero-order valence-electron chi connectivity index (χ0n) is 12.7. The minimum atomic E-state index is 0. The van der Waals surface area contributed by atoms with Gasteiger partial charge in [-0.15, -0.1) is 0 Å². The highest BCUT2D eigenvalue weighted by Gasteiger charge is 2.24. The molecule has 0 bridgehead atoms. The second-order valence-corrected chi connectivity index (χ2v) is 6.62. The van der Waals surface area contributed by atoms with E-state index in [1.54, 1.807) is 0 Å². The molecule has 1 aliphatic rings. The summed E-state index contributed by atoms with van der Waals surface area (Å²) in [4.78, 5) is 6.95. The molecule has 1 heterocycles. The predicted octanol–water partition coefficient (Wildman–Crippen LogP) is 0.112. The third-order valence-electron chi connectivity index (χ3n) is 3.51. The number of halogens is 1. The smallest absolute Gasteiger partial charge is 0.183 e. The van der Waals surface area contributed by atoms with Crippen LogP contribution in [0, 0.1) is 0 Å². The summed E-state index contributed by atoms with van der Waals surface area (Å²) in [6, 6.07) is 13.2. The van der Waals surface area contributed by atoms with Gasteiger partial charge >= 0.3 is 0 Å². The number of nitrogens with zero attached hydrogens (tertiary/aromatic N) is 2. The van der Waals surface area contributed by atoms with Gasteiger partial charge in [0.15, 0.2) is 9.79 Å². The predicted molar refractivity (Wildman–Crippen MR) is 90.1 cm³/mol. The molecule has 0 spiro atoms. The fourth-order valence-electron chi connectivity index (χ4n) is 2.27. The second-order valence-electron chi connectivity index (χ2n) is 5.43. The van der Waals surface area contributed by atoms with Gasteiger partial charge in [0.25, 0.3) is 0 Å². The van der Waals surface area contributed by atoms with E-state index in [1.807, 2.05) is 0 Å². The van der Waals surface area contributed by atoms with Gasteiger partial charge in [0, 0.05) is 51.7 Å². The quantitative estimate of drug-likeness (QED) is 0.366. The normalized spacial score (nSPS) is 11.6. The summed E-state index contributed by atoms with van der Waals surface area (Å²) in [5.41, 5.74) is 4.90. The van der Waals surface area contributed by atoms with Crippen LogP contribution in [0.5, 0.6) is 0 Å². The fraction of sp³-hybridized carbons (Fsp3) is 0.250. The van der Waals surface area contributed by atoms with Gasteiger partial charge in [0.05, 0.1) is 23.1 Å². The van der Waals surface area contributed by atoms with Crippen molar-refractivity contribution >= 4 is 34.5 Å². The third-order valence-corrected chi connectivity index (χ3v) is 4.73. The van der Waals surface area contributed by atoms with Crippen LogP contribution in [0.2, 0.25) is 0 Å². The molecule has 0 saturated carbocycles. The first kappa shape index (κ1) is 16.3. The molecule has 1 aliphatic heterocycles. The molecule has 1 N–H and O–H groups in total. The van der Waals surface area contributed by atoms with E-state index >= 15 is 0 Å². The van der Waals surface area contributed by atoms with Gasteiger partial charge < -0.3 is 39.1 Å². The summed E-state index contributed by atoms with van der Waals surface area (Å²) in [7, 11) is 8.31. The van der Waals surface area contributed by atoms with E-state index in [-0.39, 0.29) is 24.0 Å². The first-order valence-electron chi connectivity index (χ1n) is 6.66. The topological polar surface area (TPSA) is 18.5 Å². The molecule has 21 heavy (non-hydrogen) atoms. The number of fused-ring (bicyclic) bond motifs is 2. The standard InChI is InChI=1S/C16H19N3S.HI/c1-18(2)11-5-7-13-15(9-11)20-16-10-12(19(3)4)6-8-14(16)17-13;/h5-10,17H,1-4H3;1H. The number of hydrogen-bond donors (Lipinski definition) is 1. The Morgan fingerprint density at radius 1 is 0.762 bits per heavy atom. The Balaban J connectivity index is 0.00000161. The van der Waals surface area contributed by atoms with Crippen LogP contribution >= 0.6 is 0 Å². The molecule has 5 heteroatoms. The van der Waals surface area contributed by atoms with Crippen molar-refractivity contribution in [1.29, 1.82) is 0 Å². The van der Waals surface area contributed by atoms with Crippen molar-refractivity contribution < 1.29 is 24.0 Å². The molecule has 0 aromatic heterocycles. The van der Waals surface area contributed by atoms with E-state index in [2.05, 4.69) is 79.7 Å². The molecule has 0 aliphatic carbocycles. The monoisotopic (exact) mass is 413 g/mol. The van der Waals surface area contributed by atoms with Crippen LogP contribution in [0.15, 0.2) is 46.2 Å². The molecule has 0 atom stereocenters. The third kappa shape index (κ3) is 3.23. The molecule has 112 valence electrons. The Labute approximate surface area is 147 Å². The lowest BCUT2D eigenvalue weighted by molar-refractivity contribution is -0.00000407. The van der Waals surface area contributed by atoms with Crippen molar-refractivity contribution in [2.24, 2.45) is 0 Å². The van der Waals surface area contributed by atoms with E-state index in [0.717, 1.165) is 0 Å². The van der Waals surface area contributed by atoms with Crippen LogP contribution in [0.3, 0.4) is 0 Å². The van der Waals surface area contributed by atoms with E-state index in [9.17, 15) is 0 Å². The van der Waals surface area contributed by atoms with Gasteiger partial charge in [-0.25, -0.2) is 0 Å². The zero-order chi connectivity index (χ0) is 14.3. The maximum atomic E-state index is 3.53. The Bertz CT molecular complexity index is 600. The highest BCUT2D eigenvalue weighted by Crippen LogP contribution is 2.37. The van der Waals surface area contributed by atoms with Crippen LogP contribution in [-0.2, 0) is 11.8 Å². The maximum Gasteiger partial charge on any atom is 0.183 e. The summed E-state index contributed by atoms with van der Waals surface area (Å²) in [5.74, 6) is 0. The van der Waals surface area contributed by atoms with Gasteiger partial charge in [-0.1, -0.05) is 0 Å². The number of thiol groups is 1. The van der Waals surface area contributed by atoms with Gasteiger partial charge in [0.2, 0.25) is 0 Å². The van der Waals surface area contributed by atoms with Crippen molar-refractivity contribution in [3.8, 4) is 0 Å². The molecular weight excluding hydrogens is 393 g/mol. The molecule has 0 unspecified atom stereocenters. The number of nitrogens with one attached hydrogen (secondary N) is 1. The molecule has 2 aromatic rings. The van der Waals surface area contributed by atoms with Gasteiger partial charge in [0.1, 0.15) is 0 Å². The number of hydrogen-bond acceptors (Lipinski definition) is 3. The molecular formula is C16H20IN3S. The summed E-state index contributed by atoms with van der Waals surface area (Å²) in [5, 5.41) is 3.53. The van der Waals surface area contributed by atoms with Crippen molar-refractivity contribution in [2.75, 3.05) is 43.3 Å². The molecule has 0 amide bonds. The maximum absolute atomic E-state index is 3.53. The molecule has 2 aromatic carbocycles. The van der Waals surface area contributed by atoms with Crippen molar-refractivity contribution in [2.45, 2.75) is 9.79 Å². The van der Waals surface area contributed by atoms with E-state index in [1.165, 1.54) is 44.3 Å². The largest absolute Gasteiger partial charge is 1.00 e. The van der Waals surface area contributed by atoms with E-state index < -0.39 is 0 Å². The van der Waals surface area contributed by atoms with Crippen LogP contribution in [0.25, 0.3) is 0 Å². The van der Waals surface area contributed by atoms with Crippen molar-refractivity contribution in [3.63, 3.8) is 0 Å². The lowest BCUT2D eigenvalue weighted by atomic mass is 10.2. The Hall–Kier alpha value is -1.08. The summed E-state index contributed by atoms with van der Waals surface area (Å²) < 4.78 is 0. The Kier molecular flexibility index (Phi) is 4.93. The summed E-state index contributed by atoms with van der Waals surface area (Å²) in [6.07, 6.45) is 0. The average Bonchev–Trinajstić information content (AvgIpc) is 2.43. The van der Waals surface area contributed by atoms with Crippen LogP contribution in [0.1, 0.15) is 0 Å². The SMILES string of the molecule is CN(C)c1ccc2c(c1)[SH+]c1cc(N(C)C)ccc1N2.[I-]. The Morgan fingerprint density at radius 2 is 1.19 bits per heavy atom. The Morgan fingerprint density at radius 3 is 1.57 bits per heavy atom. The molecule has 0 saturated heterocycles. The van der Waals surface area contributed by atoms with Gasteiger partial charge in [-0.05, 0) is 24.3 Å². The minimum Gasteiger partial charge on any atom is -1.00 e. The first-order chi connectivity index (χ1) is 9.54. The highest BCUT2D eigenvalue weighted by molar-refractivity contribution is 7.79. The summed E-state index contributed by atoms with van der Waals surface area (Å²) >= 11 is 1.27. The number of anilines is 4. The van der Waals surface area contributed by atoms with E-state index in [4.69, 9.17) is 0 Å². The highest BCUT2D eigenvalue weighted by atomic mass is 127. The number of rotatable bonds is 2. The molecule has 3 nitrogen and oxygen atoms in total. The first-order valence-corrected chi connectivity index (χ1v) is 7.55. The van der Waals surface area contributed by atoms with Crippen LogP contribution in [0.4, 0.5) is 22.7 Å². The van der Waals surface area contributed by atoms with E-state index in [0.29, 0.717) is 0 Å². The minimum absolute atomic E-state index is 0. The molecule has 0 fully saturated rings. The average molecular weight is 413 g/mol. The van der Waals surface area contributed by atoms with Crippen molar-refractivity contribution in [1.82, 2.24) is 0 Å². The van der Waals surface area contributed by atoms with Crippen LogP contribution in [-0.4, -0.2) is 28.2 Å². The van der Waals surface area contributed by atoms with Crippen LogP contribution < -0.4 is 39.1 Å². The van der Waals surface area contributed by atoms with Gasteiger partial charge in [-0.3, -0.25) is 0 Å². The molecule has 3 rings (SSSR count). The molecule has 0 radical (unpaired) electrons. The number of benzene rings is 2. The van der Waals surface area contributed by atoms with Crippen molar-refractivity contribution in [3.05, 3.63) is 36.4 Å².